The molecule has 1 aromatic heterocycles. The number of Topliss-reactive ketones (excluding diaryl/α,β-unsaturated/α-hetero) is 1. The van der Waals surface area contributed by atoms with E-state index in [-0.39, 0.29) is 5.97 Å². The van der Waals surface area contributed by atoms with E-state index < -0.39 is 0 Å². The van der Waals surface area contributed by atoms with Crippen molar-refractivity contribution in [1.82, 2.24) is 4.98 Å². The maximum atomic E-state index is 11.3. The number of rotatable bonds is 2. The highest BCUT2D eigenvalue weighted by Gasteiger charge is 2.23. The van der Waals surface area contributed by atoms with E-state index in [2.05, 4.69) is 9.72 Å². The van der Waals surface area contributed by atoms with E-state index in [0.29, 0.717) is 29.4 Å². The summed E-state index contributed by atoms with van der Waals surface area (Å²) in [5.41, 5.74) is 0. The van der Waals surface area contributed by atoms with E-state index in [9.17, 15) is 9.59 Å². The van der Waals surface area contributed by atoms with Crippen LogP contribution in [0.15, 0.2) is 6.20 Å². The monoisotopic (exact) mass is 239 g/mol. The van der Waals surface area contributed by atoms with Crippen molar-refractivity contribution >= 4 is 23.1 Å². The third-order valence-electron chi connectivity index (χ3n) is 2.80. The number of carbonyl (C=O) groups is 2. The second-order valence-electron chi connectivity index (χ2n) is 3.87. The quantitative estimate of drug-likeness (QED) is 0.742. The zero-order valence-corrected chi connectivity index (χ0v) is 9.88. The van der Waals surface area contributed by atoms with Crippen LogP contribution in [0.2, 0.25) is 0 Å². The summed E-state index contributed by atoms with van der Waals surface area (Å²) in [7, 11) is 1.36. The minimum Gasteiger partial charge on any atom is -0.465 e. The molecule has 0 bridgehead atoms. The van der Waals surface area contributed by atoms with Gasteiger partial charge >= 0.3 is 5.97 Å². The standard InChI is InChI=1S/C11H13NO3S/c1-15-11(14)9-6-12-10(16-9)7-2-4-8(13)5-3-7/h6-7H,2-5H2,1H3. The zero-order valence-electron chi connectivity index (χ0n) is 9.06. The first-order valence-corrected chi connectivity index (χ1v) is 6.08. The van der Waals surface area contributed by atoms with Crippen LogP contribution in [0.1, 0.15) is 46.3 Å². The predicted octanol–water partition coefficient (Wildman–Crippen LogP) is 2.16. The topological polar surface area (TPSA) is 56.3 Å². The number of hydrogen-bond donors (Lipinski definition) is 0. The van der Waals surface area contributed by atoms with Gasteiger partial charge in [-0.2, -0.15) is 0 Å². The molecule has 0 radical (unpaired) electrons. The van der Waals surface area contributed by atoms with Crippen LogP contribution < -0.4 is 0 Å². The van der Waals surface area contributed by atoms with Crippen LogP contribution in [0.5, 0.6) is 0 Å². The Hall–Kier alpha value is -1.23. The normalized spacial score (nSPS) is 17.4. The number of ketones is 1. The number of methoxy groups -OCH3 is 1. The van der Waals surface area contributed by atoms with Gasteiger partial charge in [-0.15, -0.1) is 11.3 Å². The fraction of sp³-hybridized carbons (Fsp3) is 0.545. The molecule has 1 heterocycles. The second kappa shape index (κ2) is 4.74. The molecular weight excluding hydrogens is 226 g/mol. The van der Waals surface area contributed by atoms with Crippen molar-refractivity contribution < 1.29 is 14.3 Å². The Bertz CT molecular complexity index is 403. The Kier molecular flexibility index (Phi) is 3.33. The maximum absolute atomic E-state index is 11.3. The predicted molar refractivity (Wildman–Crippen MR) is 59.7 cm³/mol. The molecule has 1 aromatic rings. The Morgan fingerprint density at radius 1 is 1.50 bits per heavy atom. The molecule has 0 spiro atoms. The molecule has 0 aromatic carbocycles. The Morgan fingerprint density at radius 3 is 2.81 bits per heavy atom. The lowest BCUT2D eigenvalue weighted by Gasteiger charge is -2.18. The molecule has 1 saturated carbocycles. The summed E-state index contributed by atoms with van der Waals surface area (Å²) in [6.07, 6.45) is 4.54. The van der Waals surface area contributed by atoms with E-state index in [1.807, 2.05) is 0 Å². The number of esters is 1. The smallest absolute Gasteiger partial charge is 0.349 e. The fourth-order valence-electron chi connectivity index (χ4n) is 1.86. The Morgan fingerprint density at radius 2 is 2.19 bits per heavy atom. The largest absolute Gasteiger partial charge is 0.465 e. The van der Waals surface area contributed by atoms with E-state index >= 15 is 0 Å². The summed E-state index contributed by atoms with van der Waals surface area (Å²) in [4.78, 5) is 27.1. The molecule has 0 atom stereocenters. The number of carbonyl (C=O) groups excluding carboxylic acids is 2. The average molecular weight is 239 g/mol. The maximum Gasteiger partial charge on any atom is 0.349 e. The lowest BCUT2D eigenvalue weighted by Crippen LogP contribution is -2.11. The molecule has 0 saturated heterocycles. The molecule has 0 N–H and O–H groups in total. The molecule has 5 heteroatoms. The molecule has 1 aliphatic rings. The molecule has 0 unspecified atom stereocenters. The van der Waals surface area contributed by atoms with Crippen LogP contribution in [-0.2, 0) is 9.53 Å². The minimum absolute atomic E-state index is 0.334. The van der Waals surface area contributed by atoms with Crippen molar-refractivity contribution in [1.29, 1.82) is 0 Å². The summed E-state index contributed by atoms with van der Waals surface area (Å²) in [5.74, 6) is 0.331. The molecule has 1 fully saturated rings. The van der Waals surface area contributed by atoms with Gasteiger partial charge in [-0.3, -0.25) is 4.79 Å². The molecule has 0 amide bonds. The SMILES string of the molecule is COC(=O)c1cnc(C2CCC(=O)CC2)s1. The molecule has 4 nitrogen and oxygen atoms in total. The van der Waals surface area contributed by atoms with Crippen LogP contribution in [0, 0.1) is 0 Å². The number of hydrogen-bond acceptors (Lipinski definition) is 5. The number of nitrogens with zero attached hydrogens (tertiary/aromatic N) is 1. The van der Waals surface area contributed by atoms with Gasteiger partial charge in [0.05, 0.1) is 18.3 Å². The fourth-order valence-corrected chi connectivity index (χ4v) is 2.86. The summed E-state index contributed by atoms with van der Waals surface area (Å²) in [6, 6.07) is 0. The van der Waals surface area contributed by atoms with Crippen molar-refractivity contribution in [2.75, 3.05) is 7.11 Å². The lowest BCUT2D eigenvalue weighted by atomic mass is 9.89. The van der Waals surface area contributed by atoms with E-state index in [1.54, 1.807) is 6.20 Å². The molecule has 1 aliphatic carbocycles. The summed E-state index contributed by atoms with van der Waals surface area (Å²) < 4.78 is 4.63. The van der Waals surface area contributed by atoms with E-state index in [4.69, 9.17) is 0 Å². The van der Waals surface area contributed by atoms with Crippen molar-refractivity contribution in [3.05, 3.63) is 16.1 Å². The van der Waals surface area contributed by atoms with Gasteiger partial charge in [0.25, 0.3) is 0 Å². The third kappa shape index (κ3) is 2.29. The number of aromatic nitrogens is 1. The molecule has 2 rings (SSSR count). The Balaban J connectivity index is 2.07. The number of thiazole rings is 1. The van der Waals surface area contributed by atoms with Crippen molar-refractivity contribution in [3.8, 4) is 0 Å². The highest BCUT2D eigenvalue weighted by molar-refractivity contribution is 7.13. The van der Waals surface area contributed by atoms with Crippen LogP contribution in [0.4, 0.5) is 0 Å². The first kappa shape index (κ1) is 11.3. The third-order valence-corrected chi connectivity index (χ3v) is 3.94. The zero-order chi connectivity index (χ0) is 11.5. The highest BCUT2D eigenvalue weighted by atomic mass is 32.1. The second-order valence-corrected chi connectivity index (χ2v) is 4.93. The van der Waals surface area contributed by atoms with Gasteiger partial charge in [0.15, 0.2) is 0 Å². The minimum atomic E-state index is -0.337. The summed E-state index contributed by atoms with van der Waals surface area (Å²) >= 11 is 1.38. The molecular formula is C11H13NO3S. The van der Waals surface area contributed by atoms with Crippen molar-refractivity contribution in [2.24, 2.45) is 0 Å². The van der Waals surface area contributed by atoms with Crippen molar-refractivity contribution in [3.63, 3.8) is 0 Å². The number of ether oxygens (including phenoxy) is 1. The molecule has 0 aliphatic heterocycles. The van der Waals surface area contributed by atoms with Crippen LogP contribution >= 0.6 is 11.3 Å². The first-order chi connectivity index (χ1) is 7.70. The van der Waals surface area contributed by atoms with Gasteiger partial charge < -0.3 is 4.74 Å². The van der Waals surface area contributed by atoms with Gasteiger partial charge in [0.2, 0.25) is 0 Å². The summed E-state index contributed by atoms with van der Waals surface area (Å²) in [5, 5.41) is 0.952. The summed E-state index contributed by atoms with van der Waals surface area (Å²) in [6.45, 7) is 0. The first-order valence-electron chi connectivity index (χ1n) is 5.26. The highest BCUT2D eigenvalue weighted by Crippen LogP contribution is 2.33. The van der Waals surface area contributed by atoms with Gasteiger partial charge in [-0.05, 0) is 12.8 Å². The van der Waals surface area contributed by atoms with Gasteiger partial charge in [0, 0.05) is 18.8 Å². The van der Waals surface area contributed by atoms with Crippen molar-refractivity contribution in [2.45, 2.75) is 31.6 Å². The van der Waals surface area contributed by atoms with E-state index in [0.717, 1.165) is 17.8 Å². The van der Waals surface area contributed by atoms with Gasteiger partial charge in [-0.1, -0.05) is 0 Å². The van der Waals surface area contributed by atoms with Gasteiger partial charge in [0.1, 0.15) is 10.7 Å². The van der Waals surface area contributed by atoms with Crippen LogP contribution in [0.3, 0.4) is 0 Å². The molecule has 86 valence electrons. The van der Waals surface area contributed by atoms with Crippen LogP contribution in [0.25, 0.3) is 0 Å². The lowest BCUT2D eigenvalue weighted by molar-refractivity contribution is -0.120. The average Bonchev–Trinajstić information content (AvgIpc) is 2.78. The Labute approximate surface area is 97.6 Å². The molecule has 16 heavy (non-hydrogen) atoms. The van der Waals surface area contributed by atoms with E-state index in [1.165, 1.54) is 18.4 Å². The van der Waals surface area contributed by atoms with Crippen LogP contribution in [-0.4, -0.2) is 23.8 Å². The van der Waals surface area contributed by atoms with Gasteiger partial charge in [-0.25, -0.2) is 9.78 Å².